The Morgan fingerprint density at radius 1 is 0.873 bits per heavy atom. The van der Waals surface area contributed by atoms with E-state index >= 15 is 0 Å². The Morgan fingerprint density at radius 3 is 2.25 bits per heavy atom. The van der Waals surface area contributed by atoms with Crippen molar-refractivity contribution in [3.63, 3.8) is 0 Å². The van der Waals surface area contributed by atoms with E-state index in [-0.39, 0.29) is 33.8 Å². The lowest BCUT2D eigenvalue weighted by atomic mass is 9.85. The number of nitrogens with zero attached hydrogens (tertiary/aromatic N) is 6. The van der Waals surface area contributed by atoms with Crippen molar-refractivity contribution in [3.05, 3.63) is 83.0 Å². The van der Waals surface area contributed by atoms with Crippen LogP contribution in [0.2, 0.25) is 5.02 Å². The third kappa shape index (κ3) is 10.2. The number of urea groups is 1. The summed E-state index contributed by atoms with van der Waals surface area (Å²) in [5.41, 5.74) is 5.62. The number of ether oxygens (including phenoxy) is 1. The summed E-state index contributed by atoms with van der Waals surface area (Å²) in [6, 6.07) is 19.4. The highest BCUT2D eigenvalue weighted by molar-refractivity contribution is 7.92. The van der Waals surface area contributed by atoms with Crippen molar-refractivity contribution in [2.75, 3.05) is 72.8 Å². The van der Waals surface area contributed by atoms with Gasteiger partial charge in [0.15, 0.2) is 15.7 Å². The minimum absolute atomic E-state index is 0.0516. The normalized spacial score (nSPS) is 18.8. The Balaban J connectivity index is 0.829. The van der Waals surface area contributed by atoms with Crippen LogP contribution in [-0.4, -0.2) is 110 Å². The van der Waals surface area contributed by atoms with Crippen LogP contribution in [0.1, 0.15) is 76.8 Å². The second kappa shape index (κ2) is 19.0. The summed E-state index contributed by atoms with van der Waals surface area (Å²) in [5.74, 6) is 2.19. The van der Waals surface area contributed by atoms with Crippen LogP contribution in [0.3, 0.4) is 0 Å². The molecule has 3 N–H and O–H groups in total. The molecule has 0 atom stereocenters. The van der Waals surface area contributed by atoms with Crippen LogP contribution in [0.15, 0.2) is 71.8 Å². The molecule has 4 fully saturated rings. The van der Waals surface area contributed by atoms with E-state index in [1.165, 1.54) is 35.9 Å². The molecular weight excluding hydrogens is 838 g/mol. The maximum Gasteiger partial charge on any atom is 0.328 e. The van der Waals surface area contributed by atoms with Crippen molar-refractivity contribution >= 4 is 67.9 Å². The van der Waals surface area contributed by atoms with Crippen molar-refractivity contribution in [1.29, 1.82) is 0 Å². The number of halogens is 1. The fourth-order valence-corrected chi connectivity index (χ4v) is 10.7. The van der Waals surface area contributed by atoms with E-state index in [0.717, 1.165) is 75.8 Å². The van der Waals surface area contributed by atoms with Crippen LogP contribution in [-0.2, 0) is 14.6 Å². The van der Waals surface area contributed by atoms with Gasteiger partial charge in [-0.25, -0.2) is 18.2 Å². The number of carbonyl (C=O) groups is 2. The number of benzene rings is 3. The molecule has 0 radical (unpaired) electrons. The molecule has 336 valence electrons. The second-order valence-corrected chi connectivity index (χ2v) is 20.9. The highest BCUT2D eigenvalue weighted by Gasteiger charge is 2.34. The van der Waals surface area contributed by atoms with E-state index in [4.69, 9.17) is 16.3 Å². The predicted octanol–water partition coefficient (Wildman–Crippen LogP) is 8.12. The minimum atomic E-state index is -3.56. The number of aryl methyl sites for hydroxylation is 1. The third-order valence-corrected chi connectivity index (χ3v) is 15.4. The number of sulfone groups is 1. The van der Waals surface area contributed by atoms with Gasteiger partial charge in [0.25, 0.3) is 0 Å². The van der Waals surface area contributed by atoms with E-state index in [9.17, 15) is 18.0 Å². The maximum atomic E-state index is 13.1. The zero-order valence-corrected chi connectivity index (χ0v) is 38.5. The summed E-state index contributed by atoms with van der Waals surface area (Å²) in [6.45, 7) is 17.6. The SMILES string of the molecule is Cc1cc(Nc2ncc(Cl)c(Nc3ccccc3S(=O)(=O)C(C)C)n2)c(OC(C)C)cc1C1CCN(C2CCN(CC3CN(c4ccc(N5CCC(=O)NC5=O)cc4)C3)CC2)CC1. The summed E-state index contributed by atoms with van der Waals surface area (Å²) in [7, 11) is -3.56. The number of anilines is 6. The van der Waals surface area contributed by atoms with E-state index < -0.39 is 15.1 Å². The largest absolute Gasteiger partial charge is 0.489 e. The molecule has 8 rings (SSSR count). The molecule has 0 saturated carbocycles. The topological polar surface area (TPSA) is 152 Å². The molecule has 4 aliphatic heterocycles. The van der Waals surface area contributed by atoms with Crippen LogP contribution in [0.5, 0.6) is 5.75 Å². The van der Waals surface area contributed by atoms with Gasteiger partial charge in [0.2, 0.25) is 11.9 Å². The molecule has 0 bridgehead atoms. The van der Waals surface area contributed by atoms with E-state index in [2.05, 4.69) is 71.8 Å². The Labute approximate surface area is 376 Å². The molecule has 0 unspecified atom stereocenters. The number of aromatic nitrogens is 2. The lowest BCUT2D eigenvalue weighted by Crippen LogP contribution is -2.54. The van der Waals surface area contributed by atoms with Crippen LogP contribution in [0.25, 0.3) is 0 Å². The molecule has 63 heavy (non-hydrogen) atoms. The second-order valence-electron chi connectivity index (χ2n) is 18.0. The van der Waals surface area contributed by atoms with Gasteiger partial charge in [-0.2, -0.15) is 4.98 Å². The van der Waals surface area contributed by atoms with Gasteiger partial charge in [0, 0.05) is 55.9 Å². The zero-order valence-electron chi connectivity index (χ0n) is 36.9. The van der Waals surface area contributed by atoms with Gasteiger partial charge in [-0.05, 0) is 152 Å². The first-order valence-corrected chi connectivity index (χ1v) is 24.3. The summed E-state index contributed by atoms with van der Waals surface area (Å²) >= 11 is 6.54. The number of para-hydroxylation sites is 1. The molecule has 3 aromatic carbocycles. The molecule has 3 amide bonds. The van der Waals surface area contributed by atoms with Crippen molar-refractivity contribution < 1.29 is 22.7 Å². The first-order valence-electron chi connectivity index (χ1n) is 22.3. The van der Waals surface area contributed by atoms with Gasteiger partial charge in [0.1, 0.15) is 10.8 Å². The van der Waals surface area contributed by atoms with Gasteiger partial charge in [-0.15, -0.1) is 0 Å². The fourth-order valence-electron chi connectivity index (χ4n) is 9.39. The molecule has 0 spiro atoms. The average Bonchev–Trinajstić information content (AvgIpc) is 3.24. The number of hydrogen-bond acceptors (Lipinski definition) is 12. The number of nitrogens with one attached hydrogen (secondary N) is 3. The van der Waals surface area contributed by atoms with Crippen molar-refractivity contribution in [1.82, 2.24) is 25.1 Å². The molecular formula is C47H60ClN9O5S. The number of hydrogen-bond donors (Lipinski definition) is 3. The van der Waals surface area contributed by atoms with E-state index in [0.29, 0.717) is 42.5 Å². The van der Waals surface area contributed by atoms with Gasteiger partial charge in [-0.3, -0.25) is 15.0 Å². The van der Waals surface area contributed by atoms with E-state index in [1.807, 2.05) is 26.0 Å². The minimum Gasteiger partial charge on any atom is -0.489 e. The van der Waals surface area contributed by atoms with Crippen LogP contribution in [0.4, 0.5) is 39.3 Å². The van der Waals surface area contributed by atoms with E-state index in [1.54, 1.807) is 43.0 Å². The Hall–Kier alpha value is -4.96. The molecule has 4 saturated heterocycles. The number of likely N-dealkylation sites (tertiary alicyclic amines) is 2. The van der Waals surface area contributed by atoms with Gasteiger partial charge < -0.3 is 30.1 Å². The fraction of sp³-hybridized carbons (Fsp3) is 0.489. The molecule has 16 heteroatoms. The number of carbonyl (C=O) groups excluding carboxylic acids is 2. The Morgan fingerprint density at radius 2 is 1.57 bits per heavy atom. The van der Waals surface area contributed by atoms with Crippen LogP contribution in [0, 0.1) is 12.8 Å². The van der Waals surface area contributed by atoms with Gasteiger partial charge >= 0.3 is 6.03 Å². The number of piperidine rings is 2. The van der Waals surface area contributed by atoms with Crippen molar-refractivity contribution in [2.45, 2.75) is 94.9 Å². The predicted molar refractivity (Wildman–Crippen MR) is 250 cm³/mol. The standard InChI is InChI=1S/C47H60ClN9O5S/c1-30(2)62-42-25-38(32(5)24-41(42)51-46-49-26-39(48)45(53-46)50-40-8-6-7-9-43(40)63(60,61)31(3)4)34-14-21-55(22-15-34)36-16-19-54(20-17-36)27-33-28-56(29-33)35-10-12-37(13-11-35)57-23-18-44(58)52-47(57)59/h6-13,24-26,30-31,33-34,36H,14-23,27-29H2,1-5H3,(H,52,58,59)(H2,49,50,51,53). The summed E-state index contributed by atoms with van der Waals surface area (Å²) in [6.07, 6.45) is 6.38. The number of amides is 3. The smallest absolute Gasteiger partial charge is 0.328 e. The summed E-state index contributed by atoms with van der Waals surface area (Å²) in [4.78, 5) is 42.5. The lowest BCUT2D eigenvalue weighted by molar-refractivity contribution is -0.120. The van der Waals surface area contributed by atoms with Crippen LogP contribution >= 0.6 is 11.6 Å². The summed E-state index contributed by atoms with van der Waals surface area (Å²) < 4.78 is 32.6. The molecule has 14 nitrogen and oxygen atoms in total. The van der Waals surface area contributed by atoms with Crippen molar-refractivity contribution in [2.24, 2.45) is 5.92 Å². The Kier molecular flexibility index (Phi) is 13.5. The molecule has 4 aromatic rings. The first kappa shape index (κ1) is 44.6. The highest BCUT2D eigenvalue weighted by Crippen LogP contribution is 2.40. The first-order chi connectivity index (χ1) is 30.2. The van der Waals surface area contributed by atoms with Gasteiger partial charge in [-0.1, -0.05) is 23.7 Å². The summed E-state index contributed by atoms with van der Waals surface area (Å²) in [5, 5.41) is 8.57. The monoisotopic (exact) mass is 897 g/mol. The lowest BCUT2D eigenvalue weighted by Gasteiger charge is -2.46. The average molecular weight is 899 g/mol. The number of imide groups is 1. The quantitative estimate of drug-likeness (QED) is 0.112. The highest BCUT2D eigenvalue weighted by atomic mass is 35.5. The molecule has 0 aliphatic carbocycles. The third-order valence-electron chi connectivity index (χ3n) is 12.9. The van der Waals surface area contributed by atoms with Crippen molar-refractivity contribution in [3.8, 4) is 5.75 Å². The Bertz CT molecular complexity index is 2390. The molecule has 5 heterocycles. The maximum absolute atomic E-state index is 13.1. The zero-order chi connectivity index (χ0) is 44.4. The van der Waals surface area contributed by atoms with Gasteiger partial charge in [0.05, 0.1) is 33.8 Å². The van der Waals surface area contributed by atoms with Crippen LogP contribution < -0.4 is 30.5 Å². The molecule has 4 aliphatic rings. The number of rotatable bonds is 14. The molecule has 1 aromatic heterocycles.